The van der Waals surface area contributed by atoms with Gasteiger partial charge in [-0.2, -0.15) is 0 Å². The Labute approximate surface area is 156 Å². The summed E-state index contributed by atoms with van der Waals surface area (Å²) in [7, 11) is 0. The number of hydrogen-bond donors (Lipinski definition) is 1. The van der Waals surface area contributed by atoms with E-state index in [-0.39, 0.29) is 17.6 Å². The van der Waals surface area contributed by atoms with E-state index < -0.39 is 0 Å². The summed E-state index contributed by atoms with van der Waals surface area (Å²) in [4.78, 5) is 16.3. The number of amides is 1. The number of nitrogens with two attached hydrogens (primary N) is 1. The molecule has 2 aliphatic heterocycles. The van der Waals surface area contributed by atoms with Crippen LogP contribution < -0.4 is 5.73 Å². The Balaban J connectivity index is 1.28. The Hall–Kier alpha value is -1.46. The first-order valence-corrected chi connectivity index (χ1v) is 10.1. The molecule has 0 aromatic heterocycles. The van der Waals surface area contributed by atoms with E-state index >= 15 is 0 Å². The molecule has 1 aromatic rings. The van der Waals surface area contributed by atoms with Crippen molar-refractivity contribution < 1.29 is 9.18 Å². The minimum atomic E-state index is -0.151. The van der Waals surface area contributed by atoms with E-state index in [1.165, 1.54) is 44.5 Å². The van der Waals surface area contributed by atoms with Gasteiger partial charge in [-0.25, -0.2) is 4.39 Å². The van der Waals surface area contributed by atoms with Crippen LogP contribution in [0.15, 0.2) is 24.3 Å². The summed E-state index contributed by atoms with van der Waals surface area (Å²) in [6.07, 6.45) is 6.59. The van der Waals surface area contributed by atoms with Gasteiger partial charge in [0.2, 0.25) is 5.91 Å². The van der Waals surface area contributed by atoms with Gasteiger partial charge >= 0.3 is 0 Å². The van der Waals surface area contributed by atoms with Crippen molar-refractivity contribution in [2.24, 2.45) is 17.6 Å². The number of likely N-dealkylation sites (tertiary alicyclic amines) is 2. The summed E-state index contributed by atoms with van der Waals surface area (Å²) in [6, 6.07) is 6.97. The van der Waals surface area contributed by atoms with Crippen molar-refractivity contribution >= 4 is 5.91 Å². The number of benzene rings is 1. The monoisotopic (exact) mass is 361 g/mol. The van der Waals surface area contributed by atoms with Crippen LogP contribution in [0.2, 0.25) is 0 Å². The molecule has 0 radical (unpaired) electrons. The van der Waals surface area contributed by atoms with Crippen LogP contribution in [0.1, 0.15) is 37.7 Å². The molecular formula is C21H32FN3O. The lowest BCUT2D eigenvalue weighted by molar-refractivity contribution is -0.123. The van der Waals surface area contributed by atoms with Crippen molar-refractivity contribution in [2.45, 2.75) is 38.5 Å². The van der Waals surface area contributed by atoms with Crippen molar-refractivity contribution in [1.29, 1.82) is 0 Å². The number of halogens is 1. The Bertz CT molecular complexity index is 561. The lowest BCUT2D eigenvalue weighted by Crippen LogP contribution is -2.40. The molecule has 0 saturated carbocycles. The quantitative estimate of drug-likeness (QED) is 0.812. The fourth-order valence-electron chi connectivity index (χ4n) is 4.33. The van der Waals surface area contributed by atoms with Gasteiger partial charge in [-0.3, -0.25) is 4.79 Å². The number of carbonyl (C=O) groups excluding carboxylic acids is 1. The standard InChI is InChI=1S/C21H32FN3O/c22-20-4-2-17(3-5-20)16-18-6-12-24(13-7-18)10-1-11-25-14-8-19(9-15-25)21(23)26/h2-5,18-19H,1,6-16H2,(H2,23,26). The lowest BCUT2D eigenvalue weighted by Gasteiger charge is -2.34. The Morgan fingerprint density at radius 3 is 2.04 bits per heavy atom. The van der Waals surface area contributed by atoms with Gasteiger partial charge in [0.25, 0.3) is 0 Å². The third-order valence-corrected chi connectivity index (χ3v) is 6.08. The molecular weight excluding hydrogens is 329 g/mol. The van der Waals surface area contributed by atoms with E-state index in [2.05, 4.69) is 9.80 Å². The smallest absolute Gasteiger partial charge is 0.220 e. The average Bonchev–Trinajstić information content (AvgIpc) is 2.65. The lowest BCUT2D eigenvalue weighted by atomic mass is 9.90. The highest BCUT2D eigenvalue weighted by Crippen LogP contribution is 2.22. The normalized spacial score (nSPS) is 21.1. The van der Waals surface area contributed by atoms with Gasteiger partial charge < -0.3 is 15.5 Å². The van der Waals surface area contributed by atoms with E-state index in [0.717, 1.165) is 44.8 Å². The molecule has 1 aromatic carbocycles. The maximum Gasteiger partial charge on any atom is 0.220 e. The molecule has 3 rings (SSSR count). The van der Waals surface area contributed by atoms with Crippen LogP contribution in [0, 0.1) is 17.7 Å². The summed E-state index contributed by atoms with van der Waals surface area (Å²) < 4.78 is 13.0. The number of carbonyl (C=O) groups is 1. The second-order valence-electron chi connectivity index (χ2n) is 7.99. The van der Waals surface area contributed by atoms with Crippen LogP contribution in [-0.4, -0.2) is 55.0 Å². The molecule has 0 atom stereocenters. The number of piperidine rings is 2. The van der Waals surface area contributed by atoms with Crippen molar-refractivity contribution in [1.82, 2.24) is 9.80 Å². The van der Waals surface area contributed by atoms with Crippen molar-refractivity contribution in [2.75, 3.05) is 39.3 Å². The van der Waals surface area contributed by atoms with Crippen LogP contribution in [0.25, 0.3) is 0 Å². The predicted octanol–water partition coefficient (Wildman–Crippen LogP) is 2.67. The van der Waals surface area contributed by atoms with Gasteiger partial charge in [0.1, 0.15) is 5.82 Å². The molecule has 0 aliphatic carbocycles. The molecule has 2 saturated heterocycles. The van der Waals surface area contributed by atoms with E-state index in [4.69, 9.17) is 5.73 Å². The molecule has 1 amide bonds. The topological polar surface area (TPSA) is 49.6 Å². The van der Waals surface area contributed by atoms with Gasteiger partial charge in [0, 0.05) is 5.92 Å². The Morgan fingerprint density at radius 1 is 0.962 bits per heavy atom. The SMILES string of the molecule is NC(=O)C1CCN(CCCN2CCC(Cc3ccc(F)cc3)CC2)CC1. The van der Waals surface area contributed by atoms with Crippen LogP contribution in [0.4, 0.5) is 4.39 Å². The third-order valence-electron chi connectivity index (χ3n) is 6.08. The highest BCUT2D eigenvalue weighted by molar-refractivity contribution is 5.76. The summed E-state index contributed by atoms with van der Waals surface area (Å²) in [5, 5.41) is 0. The second-order valence-corrected chi connectivity index (χ2v) is 7.99. The molecule has 4 nitrogen and oxygen atoms in total. The van der Waals surface area contributed by atoms with Crippen molar-refractivity contribution in [3.05, 3.63) is 35.6 Å². The van der Waals surface area contributed by atoms with Crippen molar-refractivity contribution in [3.8, 4) is 0 Å². The van der Waals surface area contributed by atoms with E-state index in [0.29, 0.717) is 0 Å². The van der Waals surface area contributed by atoms with Gasteiger partial charge in [-0.15, -0.1) is 0 Å². The van der Waals surface area contributed by atoms with Crippen LogP contribution in [0.5, 0.6) is 0 Å². The highest BCUT2D eigenvalue weighted by atomic mass is 19.1. The summed E-state index contributed by atoms with van der Waals surface area (Å²) in [6.45, 7) is 6.66. The Morgan fingerprint density at radius 2 is 1.50 bits per heavy atom. The number of primary amides is 1. The maximum absolute atomic E-state index is 13.0. The predicted molar refractivity (Wildman–Crippen MR) is 102 cm³/mol. The largest absolute Gasteiger partial charge is 0.369 e. The van der Waals surface area contributed by atoms with Crippen LogP contribution >= 0.6 is 0 Å². The molecule has 2 aliphatic rings. The molecule has 2 heterocycles. The van der Waals surface area contributed by atoms with Crippen molar-refractivity contribution in [3.63, 3.8) is 0 Å². The fourth-order valence-corrected chi connectivity index (χ4v) is 4.33. The zero-order valence-electron chi connectivity index (χ0n) is 15.7. The minimum Gasteiger partial charge on any atom is -0.369 e. The van der Waals surface area contributed by atoms with Gasteiger partial charge in [-0.05, 0) is 101 Å². The number of hydrogen-bond acceptors (Lipinski definition) is 3. The molecule has 26 heavy (non-hydrogen) atoms. The minimum absolute atomic E-state index is 0.0892. The first-order valence-electron chi connectivity index (χ1n) is 10.1. The first-order chi connectivity index (χ1) is 12.6. The zero-order chi connectivity index (χ0) is 18.4. The van der Waals surface area contributed by atoms with Crippen LogP contribution in [-0.2, 0) is 11.2 Å². The first kappa shape index (κ1) is 19.3. The number of rotatable bonds is 7. The number of nitrogens with zero attached hydrogens (tertiary/aromatic N) is 2. The molecule has 0 spiro atoms. The Kier molecular flexibility index (Phi) is 7.03. The second kappa shape index (κ2) is 9.47. The van der Waals surface area contributed by atoms with E-state index in [9.17, 15) is 9.18 Å². The van der Waals surface area contributed by atoms with Gasteiger partial charge in [0.15, 0.2) is 0 Å². The maximum atomic E-state index is 13.0. The zero-order valence-corrected chi connectivity index (χ0v) is 15.7. The highest BCUT2D eigenvalue weighted by Gasteiger charge is 2.23. The van der Waals surface area contributed by atoms with E-state index in [1.807, 2.05) is 12.1 Å². The summed E-state index contributed by atoms with van der Waals surface area (Å²) in [5.41, 5.74) is 6.65. The molecule has 5 heteroatoms. The van der Waals surface area contributed by atoms with Gasteiger partial charge in [0.05, 0.1) is 0 Å². The molecule has 0 unspecified atom stereocenters. The molecule has 0 bridgehead atoms. The average molecular weight is 362 g/mol. The molecule has 2 N–H and O–H groups in total. The fraction of sp³-hybridized carbons (Fsp3) is 0.667. The van der Waals surface area contributed by atoms with E-state index in [1.54, 1.807) is 12.1 Å². The third kappa shape index (κ3) is 5.78. The van der Waals surface area contributed by atoms with Gasteiger partial charge in [-0.1, -0.05) is 12.1 Å². The summed E-state index contributed by atoms with van der Waals surface area (Å²) in [5.74, 6) is 0.534. The summed E-state index contributed by atoms with van der Waals surface area (Å²) >= 11 is 0. The molecule has 144 valence electrons. The van der Waals surface area contributed by atoms with Crippen LogP contribution in [0.3, 0.4) is 0 Å². The molecule has 2 fully saturated rings.